The number of amides is 2. The SMILES string of the molecule is O=C(COC(=O)CNC(=O)c1ccc(-c2ccccc2)cc1)Nc1ncc(Cl)cc1Cl. The number of ether oxygens (including phenoxy) is 1. The average Bonchev–Trinajstić information content (AvgIpc) is 2.78. The minimum Gasteiger partial charge on any atom is -0.454 e. The smallest absolute Gasteiger partial charge is 0.325 e. The molecule has 31 heavy (non-hydrogen) atoms. The number of anilines is 1. The fourth-order valence-corrected chi connectivity index (χ4v) is 3.00. The number of carbonyl (C=O) groups excluding carboxylic acids is 3. The van der Waals surface area contributed by atoms with Crippen molar-refractivity contribution in [2.75, 3.05) is 18.5 Å². The standard InChI is InChI=1S/C22H17Cl2N3O4/c23-17-10-18(24)21(25-11-17)27-19(28)13-31-20(29)12-26-22(30)16-8-6-15(7-9-16)14-4-2-1-3-5-14/h1-11H,12-13H2,(H,26,30)(H,25,27,28). The molecule has 0 spiro atoms. The summed E-state index contributed by atoms with van der Waals surface area (Å²) in [6, 6.07) is 18.1. The van der Waals surface area contributed by atoms with Gasteiger partial charge in [-0.1, -0.05) is 65.7 Å². The Morgan fingerprint density at radius 3 is 2.29 bits per heavy atom. The zero-order valence-corrected chi connectivity index (χ0v) is 17.6. The third kappa shape index (κ3) is 6.53. The Hall–Kier alpha value is -3.42. The van der Waals surface area contributed by atoms with E-state index in [0.29, 0.717) is 10.6 Å². The van der Waals surface area contributed by atoms with Crippen molar-refractivity contribution in [3.05, 3.63) is 82.5 Å². The number of hydrogen-bond acceptors (Lipinski definition) is 5. The minimum atomic E-state index is -0.764. The molecule has 158 valence electrons. The molecule has 0 aliphatic rings. The van der Waals surface area contributed by atoms with Gasteiger partial charge in [0.05, 0.1) is 10.0 Å². The van der Waals surface area contributed by atoms with Gasteiger partial charge >= 0.3 is 5.97 Å². The summed E-state index contributed by atoms with van der Waals surface area (Å²) in [5.41, 5.74) is 2.40. The lowest BCUT2D eigenvalue weighted by molar-refractivity contribution is -0.146. The Labute approximate surface area is 188 Å². The van der Waals surface area contributed by atoms with Crippen molar-refractivity contribution < 1.29 is 19.1 Å². The number of aromatic nitrogens is 1. The lowest BCUT2D eigenvalue weighted by atomic mass is 10.0. The molecule has 0 aliphatic carbocycles. The van der Waals surface area contributed by atoms with Gasteiger partial charge in [-0.3, -0.25) is 14.4 Å². The molecule has 7 nitrogen and oxygen atoms in total. The van der Waals surface area contributed by atoms with Gasteiger partial charge in [-0.25, -0.2) is 4.98 Å². The second-order valence-electron chi connectivity index (χ2n) is 6.32. The van der Waals surface area contributed by atoms with Crippen molar-refractivity contribution in [3.8, 4) is 11.1 Å². The van der Waals surface area contributed by atoms with Crippen LogP contribution in [-0.4, -0.2) is 35.9 Å². The molecule has 0 aliphatic heterocycles. The van der Waals surface area contributed by atoms with Crippen molar-refractivity contribution in [3.63, 3.8) is 0 Å². The van der Waals surface area contributed by atoms with Crippen LogP contribution in [0.2, 0.25) is 10.0 Å². The monoisotopic (exact) mass is 457 g/mol. The van der Waals surface area contributed by atoms with E-state index in [-0.39, 0.29) is 17.4 Å². The number of pyridine rings is 1. The quantitative estimate of drug-likeness (QED) is 0.523. The molecule has 0 saturated heterocycles. The summed E-state index contributed by atoms with van der Waals surface area (Å²) in [6.45, 7) is -0.937. The molecule has 0 unspecified atom stereocenters. The molecule has 2 N–H and O–H groups in total. The number of carbonyl (C=O) groups is 3. The number of hydrogen-bond donors (Lipinski definition) is 2. The topological polar surface area (TPSA) is 97.4 Å². The molecule has 0 atom stereocenters. The number of benzene rings is 2. The van der Waals surface area contributed by atoms with Crippen LogP contribution in [0.4, 0.5) is 5.82 Å². The summed E-state index contributed by atoms with van der Waals surface area (Å²) in [6.07, 6.45) is 1.32. The zero-order valence-electron chi connectivity index (χ0n) is 16.1. The van der Waals surface area contributed by atoms with Crippen LogP contribution in [-0.2, 0) is 14.3 Å². The first-order valence-corrected chi connectivity index (χ1v) is 9.88. The first kappa shape index (κ1) is 22.3. The summed E-state index contributed by atoms with van der Waals surface area (Å²) in [7, 11) is 0. The molecule has 0 saturated carbocycles. The van der Waals surface area contributed by atoms with E-state index in [2.05, 4.69) is 15.6 Å². The highest BCUT2D eigenvalue weighted by Gasteiger charge is 2.13. The van der Waals surface area contributed by atoms with E-state index in [9.17, 15) is 14.4 Å². The third-order valence-corrected chi connectivity index (χ3v) is 4.57. The second kappa shape index (κ2) is 10.6. The molecule has 2 aromatic carbocycles. The van der Waals surface area contributed by atoms with Crippen molar-refractivity contribution >= 4 is 46.8 Å². The molecule has 0 radical (unpaired) electrons. The van der Waals surface area contributed by atoms with Crippen molar-refractivity contribution in [2.24, 2.45) is 0 Å². The molecule has 3 rings (SSSR count). The van der Waals surface area contributed by atoms with Crippen LogP contribution in [0.15, 0.2) is 66.9 Å². The van der Waals surface area contributed by atoms with Gasteiger partial charge in [-0.2, -0.15) is 0 Å². The van der Waals surface area contributed by atoms with Crippen LogP contribution in [0.5, 0.6) is 0 Å². The lowest BCUT2D eigenvalue weighted by Gasteiger charge is -2.08. The number of rotatable bonds is 7. The molecule has 1 heterocycles. The number of halogens is 2. The predicted octanol–water partition coefficient (Wildman–Crippen LogP) is 3.97. The zero-order chi connectivity index (χ0) is 22.2. The Morgan fingerprint density at radius 1 is 0.935 bits per heavy atom. The van der Waals surface area contributed by atoms with E-state index in [0.717, 1.165) is 11.1 Å². The maximum absolute atomic E-state index is 12.2. The summed E-state index contributed by atoms with van der Waals surface area (Å²) in [5, 5.41) is 5.32. The van der Waals surface area contributed by atoms with Crippen molar-refractivity contribution in [1.82, 2.24) is 10.3 Å². The van der Waals surface area contributed by atoms with Gasteiger partial charge in [-0.05, 0) is 29.3 Å². The fraction of sp³-hybridized carbons (Fsp3) is 0.0909. The van der Waals surface area contributed by atoms with E-state index < -0.39 is 24.4 Å². The van der Waals surface area contributed by atoms with E-state index in [1.165, 1.54) is 12.3 Å². The van der Waals surface area contributed by atoms with Gasteiger partial charge < -0.3 is 15.4 Å². The molecule has 0 fully saturated rings. The first-order chi connectivity index (χ1) is 14.9. The lowest BCUT2D eigenvalue weighted by Crippen LogP contribution is -2.32. The average molecular weight is 458 g/mol. The van der Waals surface area contributed by atoms with Crippen LogP contribution in [0.25, 0.3) is 11.1 Å². The third-order valence-electron chi connectivity index (χ3n) is 4.08. The summed E-state index contributed by atoms with van der Waals surface area (Å²) in [4.78, 5) is 39.7. The maximum atomic E-state index is 12.2. The molecule has 1 aromatic heterocycles. The van der Waals surface area contributed by atoms with Gasteiger partial charge in [0.15, 0.2) is 12.4 Å². The number of nitrogens with zero attached hydrogens (tertiary/aromatic N) is 1. The van der Waals surface area contributed by atoms with Crippen LogP contribution in [0.3, 0.4) is 0 Å². The molecular weight excluding hydrogens is 441 g/mol. The van der Waals surface area contributed by atoms with E-state index >= 15 is 0 Å². The summed E-state index contributed by atoms with van der Waals surface area (Å²) < 4.78 is 4.84. The molecule has 2 amide bonds. The summed E-state index contributed by atoms with van der Waals surface area (Å²) in [5.74, 6) is -1.73. The highest BCUT2D eigenvalue weighted by molar-refractivity contribution is 6.36. The number of nitrogens with one attached hydrogen (secondary N) is 2. The summed E-state index contributed by atoms with van der Waals surface area (Å²) >= 11 is 11.6. The molecule has 3 aromatic rings. The van der Waals surface area contributed by atoms with Crippen LogP contribution in [0.1, 0.15) is 10.4 Å². The van der Waals surface area contributed by atoms with Gasteiger partial charge in [0.25, 0.3) is 11.8 Å². The predicted molar refractivity (Wildman–Crippen MR) is 118 cm³/mol. The Bertz CT molecular complexity index is 1090. The van der Waals surface area contributed by atoms with Crippen LogP contribution < -0.4 is 10.6 Å². The van der Waals surface area contributed by atoms with E-state index in [4.69, 9.17) is 27.9 Å². The Morgan fingerprint density at radius 2 is 1.61 bits per heavy atom. The van der Waals surface area contributed by atoms with E-state index in [1.807, 2.05) is 42.5 Å². The van der Waals surface area contributed by atoms with Gasteiger partial charge in [0, 0.05) is 11.8 Å². The molecule has 0 bridgehead atoms. The Kier molecular flexibility index (Phi) is 7.59. The largest absolute Gasteiger partial charge is 0.454 e. The normalized spacial score (nSPS) is 10.3. The first-order valence-electron chi connectivity index (χ1n) is 9.12. The Balaban J connectivity index is 1.43. The maximum Gasteiger partial charge on any atom is 0.325 e. The van der Waals surface area contributed by atoms with Gasteiger partial charge in [0.1, 0.15) is 6.54 Å². The van der Waals surface area contributed by atoms with E-state index in [1.54, 1.807) is 12.1 Å². The molecule has 9 heteroatoms. The second-order valence-corrected chi connectivity index (χ2v) is 7.16. The van der Waals surface area contributed by atoms with Crippen LogP contribution in [0, 0.1) is 0 Å². The van der Waals surface area contributed by atoms with Crippen molar-refractivity contribution in [1.29, 1.82) is 0 Å². The van der Waals surface area contributed by atoms with Gasteiger partial charge in [-0.15, -0.1) is 0 Å². The van der Waals surface area contributed by atoms with Crippen LogP contribution >= 0.6 is 23.2 Å². The van der Waals surface area contributed by atoms with Crippen molar-refractivity contribution in [2.45, 2.75) is 0 Å². The highest BCUT2D eigenvalue weighted by atomic mass is 35.5. The highest BCUT2D eigenvalue weighted by Crippen LogP contribution is 2.22. The molecular formula is C22H17Cl2N3O4. The fourth-order valence-electron chi connectivity index (χ4n) is 2.57. The number of esters is 1. The van der Waals surface area contributed by atoms with Gasteiger partial charge in [0.2, 0.25) is 0 Å². The minimum absolute atomic E-state index is 0.0966.